The summed E-state index contributed by atoms with van der Waals surface area (Å²) in [6.45, 7) is 5.17. The molecule has 3 rings (SSSR count). The molecule has 0 saturated carbocycles. The van der Waals surface area contributed by atoms with Gasteiger partial charge >= 0.3 is 0 Å². The van der Waals surface area contributed by atoms with Crippen molar-refractivity contribution in [2.75, 3.05) is 18.0 Å². The normalized spacial score (nSPS) is 15.1. The van der Waals surface area contributed by atoms with E-state index >= 15 is 0 Å². The third-order valence-corrected chi connectivity index (χ3v) is 3.52. The van der Waals surface area contributed by atoms with Crippen molar-refractivity contribution in [1.82, 2.24) is 5.32 Å². The minimum atomic E-state index is 0.957. The fraction of sp³-hybridized carbons (Fsp3) is 0.250. The number of hydrogen-bond acceptors (Lipinski definition) is 2. The van der Waals surface area contributed by atoms with E-state index in [0.717, 1.165) is 19.6 Å². The van der Waals surface area contributed by atoms with Crippen molar-refractivity contribution < 1.29 is 0 Å². The number of aryl methyl sites for hydroxylation is 1. The van der Waals surface area contributed by atoms with Gasteiger partial charge in [0.15, 0.2) is 0 Å². The number of rotatable bonds is 1. The van der Waals surface area contributed by atoms with E-state index in [4.69, 9.17) is 0 Å². The molecule has 1 aliphatic heterocycles. The van der Waals surface area contributed by atoms with Crippen molar-refractivity contribution >= 4 is 11.4 Å². The molecule has 2 heteroatoms. The summed E-state index contributed by atoms with van der Waals surface area (Å²) < 4.78 is 0. The molecule has 0 fully saturated rings. The van der Waals surface area contributed by atoms with E-state index < -0.39 is 0 Å². The molecule has 0 radical (unpaired) electrons. The minimum Gasteiger partial charge on any atom is -0.340 e. The summed E-state index contributed by atoms with van der Waals surface area (Å²) in [7, 11) is 0. The lowest BCUT2D eigenvalue weighted by molar-refractivity contribution is 0.712. The first-order chi connectivity index (χ1) is 8.86. The first-order valence-electron chi connectivity index (χ1n) is 6.48. The largest absolute Gasteiger partial charge is 0.340 e. The summed E-state index contributed by atoms with van der Waals surface area (Å²) in [6, 6.07) is 17.3. The highest BCUT2D eigenvalue weighted by molar-refractivity contribution is 5.69. The van der Waals surface area contributed by atoms with Crippen molar-refractivity contribution in [3.05, 3.63) is 59.7 Å². The van der Waals surface area contributed by atoms with Crippen molar-refractivity contribution in [2.45, 2.75) is 13.5 Å². The SMILES string of the molecule is Cc1ccccc1N1CCNCc2ccccc21. The molecule has 0 bridgehead atoms. The van der Waals surface area contributed by atoms with Crippen molar-refractivity contribution in [3.8, 4) is 0 Å². The van der Waals surface area contributed by atoms with E-state index in [9.17, 15) is 0 Å². The minimum absolute atomic E-state index is 0.957. The van der Waals surface area contributed by atoms with Crippen LogP contribution in [0.15, 0.2) is 48.5 Å². The third-order valence-electron chi connectivity index (χ3n) is 3.52. The number of hydrogen-bond donors (Lipinski definition) is 1. The first-order valence-corrected chi connectivity index (χ1v) is 6.48. The Morgan fingerprint density at radius 3 is 2.50 bits per heavy atom. The maximum atomic E-state index is 3.48. The summed E-state index contributed by atoms with van der Waals surface area (Å²) >= 11 is 0. The van der Waals surface area contributed by atoms with E-state index in [1.807, 2.05) is 0 Å². The van der Waals surface area contributed by atoms with Crippen LogP contribution in [-0.4, -0.2) is 13.1 Å². The second kappa shape index (κ2) is 4.83. The highest BCUT2D eigenvalue weighted by Gasteiger charge is 2.16. The molecule has 18 heavy (non-hydrogen) atoms. The van der Waals surface area contributed by atoms with Gasteiger partial charge in [0.2, 0.25) is 0 Å². The van der Waals surface area contributed by atoms with Gasteiger partial charge in [-0.2, -0.15) is 0 Å². The van der Waals surface area contributed by atoms with E-state index in [-0.39, 0.29) is 0 Å². The van der Waals surface area contributed by atoms with Gasteiger partial charge in [0.05, 0.1) is 0 Å². The zero-order valence-electron chi connectivity index (χ0n) is 10.7. The van der Waals surface area contributed by atoms with Gasteiger partial charge < -0.3 is 10.2 Å². The maximum Gasteiger partial charge on any atom is 0.0456 e. The molecule has 2 aromatic rings. The van der Waals surface area contributed by atoms with Crippen LogP contribution in [0.25, 0.3) is 0 Å². The number of nitrogens with zero attached hydrogens (tertiary/aromatic N) is 1. The van der Waals surface area contributed by atoms with E-state index in [1.165, 1.54) is 22.5 Å². The number of para-hydroxylation sites is 2. The van der Waals surface area contributed by atoms with Crippen LogP contribution in [0.1, 0.15) is 11.1 Å². The van der Waals surface area contributed by atoms with Gasteiger partial charge in [0.1, 0.15) is 0 Å². The van der Waals surface area contributed by atoms with Gasteiger partial charge in [0.25, 0.3) is 0 Å². The third kappa shape index (κ3) is 2.00. The maximum absolute atomic E-state index is 3.48. The van der Waals surface area contributed by atoms with Gasteiger partial charge in [-0.15, -0.1) is 0 Å². The lowest BCUT2D eigenvalue weighted by Gasteiger charge is -2.26. The summed E-state index contributed by atoms with van der Waals surface area (Å²) in [5.74, 6) is 0. The molecule has 2 aromatic carbocycles. The van der Waals surface area contributed by atoms with Crippen LogP contribution in [0.3, 0.4) is 0 Å². The molecule has 0 unspecified atom stereocenters. The molecule has 0 atom stereocenters. The molecule has 0 amide bonds. The van der Waals surface area contributed by atoms with Gasteiger partial charge in [-0.25, -0.2) is 0 Å². The van der Waals surface area contributed by atoms with Crippen molar-refractivity contribution in [2.24, 2.45) is 0 Å². The second-order valence-corrected chi connectivity index (χ2v) is 4.74. The molecule has 0 aliphatic carbocycles. The Hall–Kier alpha value is -1.80. The zero-order chi connectivity index (χ0) is 12.4. The summed E-state index contributed by atoms with van der Waals surface area (Å²) in [4.78, 5) is 2.42. The number of benzene rings is 2. The highest BCUT2D eigenvalue weighted by atomic mass is 15.2. The fourth-order valence-corrected chi connectivity index (χ4v) is 2.57. The Bertz CT molecular complexity index is 548. The molecule has 1 heterocycles. The predicted molar refractivity (Wildman–Crippen MR) is 76.3 cm³/mol. The average molecular weight is 238 g/mol. The molecule has 1 aliphatic rings. The highest BCUT2D eigenvalue weighted by Crippen LogP contribution is 2.31. The molecule has 0 saturated heterocycles. The molecular weight excluding hydrogens is 220 g/mol. The quantitative estimate of drug-likeness (QED) is 0.820. The van der Waals surface area contributed by atoms with Crippen molar-refractivity contribution in [3.63, 3.8) is 0 Å². The zero-order valence-corrected chi connectivity index (χ0v) is 10.7. The van der Waals surface area contributed by atoms with Crippen LogP contribution in [0.2, 0.25) is 0 Å². The number of nitrogens with one attached hydrogen (secondary N) is 1. The van der Waals surface area contributed by atoms with Crippen LogP contribution in [-0.2, 0) is 6.54 Å². The summed E-state index contributed by atoms with van der Waals surface area (Å²) in [6.07, 6.45) is 0. The number of anilines is 2. The van der Waals surface area contributed by atoms with E-state index in [2.05, 4.69) is 65.7 Å². The van der Waals surface area contributed by atoms with Gasteiger partial charge in [-0.1, -0.05) is 36.4 Å². The standard InChI is InChI=1S/C16H18N2/c1-13-6-2-4-8-15(13)18-11-10-17-12-14-7-3-5-9-16(14)18/h2-9,17H,10-12H2,1H3. The molecule has 0 aromatic heterocycles. The summed E-state index contributed by atoms with van der Waals surface area (Å²) in [5.41, 5.74) is 5.35. The van der Waals surface area contributed by atoms with E-state index in [0.29, 0.717) is 0 Å². The predicted octanol–water partition coefficient (Wildman–Crippen LogP) is 3.24. The average Bonchev–Trinajstić information content (AvgIpc) is 2.62. The molecular formula is C16H18N2. The monoisotopic (exact) mass is 238 g/mol. The lowest BCUT2D eigenvalue weighted by Crippen LogP contribution is -2.24. The Morgan fingerprint density at radius 1 is 0.944 bits per heavy atom. The van der Waals surface area contributed by atoms with Crippen LogP contribution < -0.4 is 10.2 Å². The second-order valence-electron chi connectivity index (χ2n) is 4.74. The Balaban J connectivity index is 2.10. The van der Waals surface area contributed by atoms with Gasteiger partial charge in [-0.3, -0.25) is 0 Å². The van der Waals surface area contributed by atoms with Gasteiger partial charge in [-0.05, 0) is 30.2 Å². The topological polar surface area (TPSA) is 15.3 Å². The van der Waals surface area contributed by atoms with Crippen molar-refractivity contribution in [1.29, 1.82) is 0 Å². The van der Waals surface area contributed by atoms with Crippen LogP contribution in [0.5, 0.6) is 0 Å². The molecule has 2 nitrogen and oxygen atoms in total. The lowest BCUT2D eigenvalue weighted by atomic mass is 10.1. The van der Waals surface area contributed by atoms with E-state index in [1.54, 1.807) is 0 Å². The summed E-state index contributed by atoms with van der Waals surface area (Å²) in [5, 5.41) is 3.48. The molecule has 92 valence electrons. The van der Waals surface area contributed by atoms with Crippen LogP contribution in [0.4, 0.5) is 11.4 Å². The van der Waals surface area contributed by atoms with Crippen LogP contribution >= 0.6 is 0 Å². The molecule has 0 spiro atoms. The smallest absolute Gasteiger partial charge is 0.0456 e. The Morgan fingerprint density at radius 2 is 1.67 bits per heavy atom. The Labute approximate surface area is 108 Å². The van der Waals surface area contributed by atoms with Gasteiger partial charge in [0, 0.05) is 31.0 Å². The first kappa shape index (κ1) is 11.3. The molecule has 1 N–H and O–H groups in total. The number of fused-ring (bicyclic) bond motifs is 1. The fourth-order valence-electron chi connectivity index (χ4n) is 2.57. The Kier molecular flexibility index (Phi) is 3.03. The van der Waals surface area contributed by atoms with Crippen LogP contribution in [0, 0.1) is 6.92 Å².